The molecule has 3 aromatic carbocycles. The van der Waals surface area contributed by atoms with E-state index in [-0.39, 0.29) is 19.1 Å². The number of hydrogen-bond acceptors (Lipinski definition) is 9. The molecule has 0 aliphatic heterocycles. The minimum absolute atomic E-state index is 0.0429. The third-order valence-corrected chi connectivity index (χ3v) is 8.82. The van der Waals surface area contributed by atoms with Gasteiger partial charge in [0, 0.05) is 50.7 Å². The Kier molecular flexibility index (Phi) is 12.5. The van der Waals surface area contributed by atoms with Crippen molar-refractivity contribution in [1.82, 2.24) is 15.6 Å². The van der Waals surface area contributed by atoms with Gasteiger partial charge in [-0.1, -0.05) is 36.4 Å². The van der Waals surface area contributed by atoms with Crippen LogP contribution < -0.4 is 25.4 Å². The lowest BCUT2D eigenvalue weighted by Crippen LogP contribution is -2.20. The molecular formula is C39H46N4O6. The van der Waals surface area contributed by atoms with Gasteiger partial charge in [-0.3, -0.25) is 9.78 Å². The van der Waals surface area contributed by atoms with E-state index in [0.717, 1.165) is 69.0 Å². The Bertz CT molecular complexity index is 1780. The van der Waals surface area contributed by atoms with Gasteiger partial charge in [-0.25, -0.2) is 0 Å². The maximum Gasteiger partial charge on any atom is 0.274 e. The molecule has 1 aliphatic carbocycles. The zero-order valence-corrected chi connectivity index (χ0v) is 28.7. The van der Waals surface area contributed by atoms with E-state index in [1.165, 1.54) is 16.7 Å². The number of nitrogens with one attached hydrogen (secondary N) is 3. The number of benzene rings is 3. The molecule has 49 heavy (non-hydrogen) atoms. The Hall–Kier alpha value is -4.58. The summed E-state index contributed by atoms with van der Waals surface area (Å²) in [6, 6.07) is 18.2. The van der Waals surface area contributed by atoms with E-state index in [9.17, 15) is 9.90 Å². The number of hydrogen-bond donors (Lipinski definition) is 5. The summed E-state index contributed by atoms with van der Waals surface area (Å²) in [7, 11) is 4.93. The van der Waals surface area contributed by atoms with Crippen LogP contribution in [0.1, 0.15) is 55.9 Å². The number of anilines is 1. The van der Waals surface area contributed by atoms with E-state index in [4.69, 9.17) is 19.3 Å². The van der Waals surface area contributed by atoms with Crippen LogP contribution in [0.5, 0.6) is 11.5 Å². The molecule has 0 fully saturated rings. The van der Waals surface area contributed by atoms with Crippen molar-refractivity contribution in [3.63, 3.8) is 0 Å². The number of carbonyl (C=O) groups excluding carboxylic acids is 1. The summed E-state index contributed by atoms with van der Waals surface area (Å²) in [4.78, 5) is 17.9. The van der Waals surface area contributed by atoms with Crippen molar-refractivity contribution in [1.29, 1.82) is 0 Å². The highest BCUT2D eigenvalue weighted by Gasteiger charge is 2.22. The molecule has 5 N–H and O–H groups in total. The lowest BCUT2D eigenvalue weighted by atomic mass is 9.92. The van der Waals surface area contributed by atoms with Crippen LogP contribution in [0, 0.1) is 6.92 Å². The van der Waals surface area contributed by atoms with Crippen molar-refractivity contribution in [2.24, 2.45) is 0 Å². The molecule has 258 valence electrons. The highest BCUT2D eigenvalue weighted by atomic mass is 16.5. The first-order valence-electron chi connectivity index (χ1n) is 16.5. The highest BCUT2D eigenvalue weighted by Crippen LogP contribution is 2.42. The smallest absolute Gasteiger partial charge is 0.274 e. The summed E-state index contributed by atoms with van der Waals surface area (Å²) < 4.78 is 16.8. The fourth-order valence-electron chi connectivity index (χ4n) is 6.36. The number of ether oxygens (including phenoxy) is 3. The Labute approximate surface area is 288 Å². The first-order chi connectivity index (χ1) is 23.9. The fourth-order valence-corrected chi connectivity index (χ4v) is 6.36. The number of carbonyl (C=O) groups is 1. The molecule has 0 unspecified atom stereocenters. The largest absolute Gasteiger partial charge is 0.496 e. The summed E-state index contributed by atoms with van der Waals surface area (Å²) in [5.74, 6) is 1.17. The van der Waals surface area contributed by atoms with Crippen LogP contribution in [-0.4, -0.2) is 68.7 Å². The molecule has 0 radical (unpaired) electrons. The summed E-state index contributed by atoms with van der Waals surface area (Å²) in [6.07, 6.45) is 5.68. The molecule has 0 atom stereocenters. The molecular weight excluding hydrogens is 620 g/mol. The van der Waals surface area contributed by atoms with Gasteiger partial charge in [0.2, 0.25) is 0 Å². The van der Waals surface area contributed by atoms with Crippen molar-refractivity contribution >= 4 is 23.2 Å². The van der Waals surface area contributed by atoms with E-state index >= 15 is 0 Å². The van der Waals surface area contributed by atoms with Crippen LogP contribution >= 0.6 is 0 Å². The van der Waals surface area contributed by atoms with E-state index in [1.54, 1.807) is 33.6 Å². The van der Waals surface area contributed by atoms with Crippen LogP contribution in [0.3, 0.4) is 0 Å². The average Bonchev–Trinajstić information content (AvgIpc) is 3.53. The number of aliphatic hydroxyl groups is 2. The van der Waals surface area contributed by atoms with Gasteiger partial charge in [0.15, 0.2) is 0 Å². The second-order valence-corrected chi connectivity index (χ2v) is 11.9. The SMILES string of the molecule is COCc1cc(C(=O)Nc2cccc(-c3cccc4c3CC/C4=C\c3cc(OC)c(CNCCO)c(OC)c3)c2C)ncc1CNCCO. The highest BCUT2D eigenvalue weighted by molar-refractivity contribution is 6.04. The molecule has 1 aliphatic rings. The number of amides is 1. The van der Waals surface area contributed by atoms with Crippen molar-refractivity contribution < 1.29 is 29.2 Å². The van der Waals surface area contributed by atoms with Gasteiger partial charge in [0.25, 0.3) is 5.91 Å². The zero-order valence-electron chi connectivity index (χ0n) is 28.7. The van der Waals surface area contributed by atoms with Gasteiger partial charge >= 0.3 is 0 Å². The Morgan fingerprint density at radius 1 is 0.857 bits per heavy atom. The first-order valence-corrected chi connectivity index (χ1v) is 16.5. The zero-order chi connectivity index (χ0) is 34.8. The molecule has 10 nitrogen and oxygen atoms in total. The van der Waals surface area contributed by atoms with Crippen LogP contribution in [-0.2, 0) is 30.9 Å². The number of aromatic nitrogens is 1. The van der Waals surface area contributed by atoms with E-state index in [1.807, 2.05) is 31.2 Å². The van der Waals surface area contributed by atoms with Crippen LogP contribution in [0.2, 0.25) is 0 Å². The van der Waals surface area contributed by atoms with Gasteiger partial charge < -0.3 is 40.4 Å². The second kappa shape index (κ2) is 17.2. The molecule has 0 saturated carbocycles. The predicted octanol–water partition coefficient (Wildman–Crippen LogP) is 5.12. The van der Waals surface area contributed by atoms with Gasteiger partial charge in [0.1, 0.15) is 17.2 Å². The van der Waals surface area contributed by atoms with E-state index in [0.29, 0.717) is 38.5 Å². The van der Waals surface area contributed by atoms with E-state index < -0.39 is 0 Å². The van der Waals surface area contributed by atoms with Crippen molar-refractivity contribution in [2.75, 3.05) is 52.9 Å². The number of rotatable bonds is 16. The van der Waals surface area contributed by atoms with Gasteiger partial charge in [-0.2, -0.15) is 0 Å². The summed E-state index contributed by atoms with van der Waals surface area (Å²) in [5, 5.41) is 27.7. The van der Waals surface area contributed by atoms with Gasteiger partial charge in [0.05, 0.1) is 34.0 Å². The average molecular weight is 667 g/mol. The number of methoxy groups -OCH3 is 3. The minimum Gasteiger partial charge on any atom is -0.496 e. The van der Waals surface area contributed by atoms with Crippen LogP contribution in [0.25, 0.3) is 22.8 Å². The van der Waals surface area contributed by atoms with Crippen LogP contribution in [0.15, 0.2) is 60.8 Å². The van der Waals surface area contributed by atoms with Crippen molar-refractivity contribution in [2.45, 2.75) is 39.5 Å². The molecule has 5 rings (SSSR count). The third kappa shape index (κ3) is 8.36. The number of fused-ring (bicyclic) bond motifs is 1. The predicted molar refractivity (Wildman–Crippen MR) is 193 cm³/mol. The second-order valence-electron chi connectivity index (χ2n) is 11.9. The molecule has 0 spiro atoms. The summed E-state index contributed by atoms with van der Waals surface area (Å²) in [6.45, 7) is 4.48. The molecule has 4 aromatic rings. The lowest BCUT2D eigenvalue weighted by molar-refractivity contribution is 0.102. The standard InChI is InChI=1S/C39H46N4O6/c1-25-30(7-6-10-35(25)43-39(46)36-20-28(24-47-2)29(22-42-36)21-40-13-15-44)32-9-5-8-31-27(11-12-33(31)32)17-26-18-37(48-3)34(23-41-14-16-45)38(19-26)49-4/h5-10,17-20,22,40-41,44-45H,11-16,21,23-24H2,1-4H3,(H,43,46)/b27-17+. The number of pyridine rings is 1. The Balaban J connectivity index is 1.40. The monoisotopic (exact) mass is 666 g/mol. The Morgan fingerprint density at radius 2 is 1.53 bits per heavy atom. The molecule has 1 heterocycles. The maximum atomic E-state index is 13.4. The van der Waals surface area contributed by atoms with Crippen molar-refractivity contribution in [3.05, 3.63) is 105 Å². The fraction of sp³-hybridized carbons (Fsp3) is 0.333. The molecule has 0 bridgehead atoms. The third-order valence-electron chi connectivity index (χ3n) is 8.82. The minimum atomic E-state index is -0.294. The summed E-state index contributed by atoms with van der Waals surface area (Å²) in [5.41, 5.74) is 11.6. The maximum absolute atomic E-state index is 13.4. The number of aliphatic hydroxyl groups excluding tert-OH is 2. The molecule has 1 amide bonds. The first kappa shape index (κ1) is 35.7. The molecule has 10 heteroatoms. The number of allylic oxidation sites excluding steroid dienone is 1. The van der Waals surface area contributed by atoms with Crippen LogP contribution in [0.4, 0.5) is 5.69 Å². The Morgan fingerprint density at radius 3 is 2.22 bits per heavy atom. The lowest BCUT2D eigenvalue weighted by Gasteiger charge is -2.16. The summed E-state index contributed by atoms with van der Waals surface area (Å²) >= 11 is 0. The number of nitrogens with zero attached hydrogens (tertiary/aromatic N) is 1. The topological polar surface area (TPSA) is 134 Å². The van der Waals surface area contributed by atoms with Crippen molar-refractivity contribution in [3.8, 4) is 22.6 Å². The quantitative estimate of drug-likeness (QED) is 0.103. The van der Waals surface area contributed by atoms with E-state index in [2.05, 4.69) is 51.3 Å². The molecule has 1 aromatic heterocycles. The van der Waals surface area contributed by atoms with Gasteiger partial charge in [-0.15, -0.1) is 0 Å². The van der Waals surface area contributed by atoms with Gasteiger partial charge in [-0.05, 0) is 94.1 Å². The normalized spacial score (nSPS) is 13.1. The molecule has 0 saturated heterocycles.